The van der Waals surface area contributed by atoms with Gasteiger partial charge in [-0.05, 0) is 63.0 Å². The molecule has 3 heteroatoms. The third-order valence-corrected chi connectivity index (χ3v) is 4.01. The highest BCUT2D eigenvalue weighted by atomic mass is 79.9. The molecule has 1 fully saturated rings. The van der Waals surface area contributed by atoms with E-state index in [1.54, 1.807) is 0 Å². The maximum atomic E-state index is 3.63. The fourth-order valence-corrected chi connectivity index (χ4v) is 2.58. The van der Waals surface area contributed by atoms with Gasteiger partial charge in [0.25, 0.3) is 0 Å². The second kappa shape index (κ2) is 6.53. The molecule has 0 spiro atoms. The van der Waals surface area contributed by atoms with Crippen LogP contribution in [0.1, 0.15) is 31.4 Å². The van der Waals surface area contributed by atoms with Crippen molar-refractivity contribution in [1.29, 1.82) is 0 Å². The number of piperidine rings is 1. The zero-order valence-electron chi connectivity index (χ0n) is 10.4. The predicted molar refractivity (Wildman–Crippen MR) is 76.2 cm³/mol. The summed E-state index contributed by atoms with van der Waals surface area (Å²) < 4.78 is 1.14. The van der Waals surface area contributed by atoms with Crippen LogP contribution in [0.5, 0.6) is 0 Å². The average molecular weight is 297 g/mol. The number of hydrogen-bond acceptors (Lipinski definition) is 2. The van der Waals surface area contributed by atoms with E-state index < -0.39 is 0 Å². The monoisotopic (exact) mass is 296 g/mol. The molecule has 1 aliphatic rings. The Bertz CT molecular complexity index is 331. The minimum atomic E-state index is 0.435. The molecule has 0 radical (unpaired) electrons. The van der Waals surface area contributed by atoms with E-state index in [2.05, 4.69) is 57.8 Å². The van der Waals surface area contributed by atoms with Crippen LogP contribution in [0.4, 0.5) is 0 Å². The summed E-state index contributed by atoms with van der Waals surface area (Å²) in [6, 6.07) is 9.01. The van der Waals surface area contributed by atoms with Gasteiger partial charge in [0.05, 0.1) is 0 Å². The number of nitrogens with one attached hydrogen (secondary N) is 2. The van der Waals surface area contributed by atoms with Gasteiger partial charge in [-0.25, -0.2) is 0 Å². The van der Waals surface area contributed by atoms with E-state index in [0.717, 1.165) is 16.9 Å². The highest BCUT2D eigenvalue weighted by Crippen LogP contribution is 2.17. The molecule has 17 heavy (non-hydrogen) atoms. The maximum Gasteiger partial charge on any atom is 0.0291 e. The van der Waals surface area contributed by atoms with Crippen molar-refractivity contribution in [3.63, 3.8) is 0 Å². The van der Waals surface area contributed by atoms with Crippen LogP contribution < -0.4 is 10.6 Å². The zero-order chi connectivity index (χ0) is 12.1. The van der Waals surface area contributed by atoms with Crippen LogP contribution in [-0.2, 0) is 0 Å². The molecule has 1 saturated heterocycles. The molecule has 2 nitrogen and oxygen atoms in total. The summed E-state index contributed by atoms with van der Waals surface area (Å²) in [5.74, 6) is 0.793. The first kappa shape index (κ1) is 13.1. The van der Waals surface area contributed by atoms with Crippen molar-refractivity contribution < 1.29 is 0 Å². The molecule has 2 atom stereocenters. The highest BCUT2D eigenvalue weighted by molar-refractivity contribution is 9.10. The topological polar surface area (TPSA) is 24.1 Å². The van der Waals surface area contributed by atoms with Crippen molar-refractivity contribution in [2.75, 3.05) is 19.6 Å². The number of halogens is 1. The molecular weight excluding hydrogens is 276 g/mol. The van der Waals surface area contributed by atoms with Crippen molar-refractivity contribution in [3.05, 3.63) is 34.3 Å². The van der Waals surface area contributed by atoms with Gasteiger partial charge in [0, 0.05) is 10.5 Å². The second-order valence-electron chi connectivity index (χ2n) is 4.89. The van der Waals surface area contributed by atoms with Gasteiger partial charge >= 0.3 is 0 Å². The van der Waals surface area contributed by atoms with Crippen LogP contribution in [0.3, 0.4) is 0 Å². The summed E-state index contributed by atoms with van der Waals surface area (Å²) in [4.78, 5) is 0. The van der Waals surface area contributed by atoms with E-state index in [1.807, 2.05) is 0 Å². The van der Waals surface area contributed by atoms with Gasteiger partial charge in [-0.15, -0.1) is 0 Å². The van der Waals surface area contributed by atoms with Gasteiger partial charge in [-0.2, -0.15) is 0 Å². The number of hydrogen-bond donors (Lipinski definition) is 2. The van der Waals surface area contributed by atoms with E-state index in [1.165, 1.54) is 31.5 Å². The van der Waals surface area contributed by atoms with E-state index >= 15 is 0 Å². The molecule has 1 aromatic carbocycles. The predicted octanol–water partition coefficient (Wildman–Crippen LogP) is 3.10. The van der Waals surface area contributed by atoms with Crippen LogP contribution in [0, 0.1) is 5.92 Å². The first-order chi connectivity index (χ1) is 8.25. The largest absolute Gasteiger partial charge is 0.316 e. The van der Waals surface area contributed by atoms with Gasteiger partial charge in [0.15, 0.2) is 0 Å². The van der Waals surface area contributed by atoms with Gasteiger partial charge < -0.3 is 10.6 Å². The lowest BCUT2D eigenvalue weighted by Gasteiger charge is -2.25. The Balaban J connectivity index is 1.80. The fraction of sp³-hybridized carbons (Fsp3) is 0.571. The Morgan fingerprint density at radius 1 is 1.41 bits per heavy atom. The van der Waals surface area contributed by atoms with Crippen molar-refractivity contribution in [3.8, 4) is 0 Å². The Kier molecular flexibility index (Phi) is 5.01. The number of benzene rings is 1. The van der Waals surface area contributed by atoms with Crippen molar-refractivity contribution in [1.82, 2.24) is 10.6 Å². The number of rotatable bonds is 4. The maximum absolute atomic E-state index is 3.63. The lowest BCUT2D eigenvalue weighted by molar-refractivity contribution is 0.348. The summed E-state index contributed by atoms with van der Waals surface area (Å²) in [5.41, 5.74) is 1.36. The van der Waals surface area contributed by atoms with Gasteiger partial charge in [0.1, 0.15) is 0 Å². The van der Waals surface area contributed by atoms with E-state index in [9.17, 15) is 0 Å². The Hall–Kier alpha value is -0.380. The fourth-order valence-electron chi connectivity index (χ4n) is 2.31. The van der Waals surface area contributed by atoms with E-state index in [-0.39, 0.29) is 0 Å². The molecule has 1 heterocycles. The Labute approximate surface area is 112 Å². The third kappa shape index (κ3) is 4.09. The minimum absolute atomic E-state index is 0.435. The molecule has 1 aromatic rings. The minimum Gasteiger partial charge on any atom is -0.316 e. The molecule has 1 aliphatic heterocycles. The van der Waals surface area contributed by atoms with Crippen LogP contribution in [0.2, 0.25) is 0 Å². The van der Waals surface area contributed by atoms with Crippen molar-refractivity contribution >= 4 is 15.9 Å². The molecule has 0 aromatic heterocycles. The summed E-state index contributed by atoms with van der Waals surface area (Å²) in [7, 11) is 0. The SMILES string of the molecule is CC(NCC1CCCNC1)c1ccc(Br)cc1. The molecule has 0 aliphatic carbocycles. The van der Waals surface area contributed by atoms with Crippen molar-refractivity contribution in [2.24, 2.45) is 5.92 Å². The average Bonchev–Trinajstić information content (AvgIpc) is 2.38. The molecule has 94 valence electrons. The summed E-state index contributed by atoms with van der Waals surface area (Å²) in [6.07, 6.45) is 2.67. The quantitative estimate of drug-likeness (QED) is 0.892. The molecule has 2 unspecified atom stereocenters. The highest BCUT2D eigenvalue weighted by Gasteiger charge is 2.14. The smallest absolute Gasteiger partial charge is 0.0291 e. The lowest BCUT2D eigenvalue weighted by atomic mass is 9.99. The van der Waals surface area contributed by atoms with Crippen LogP contribution >= 0.6 is 15.9 Å². The molecule has 0 saturated carbocycles. The third-order valence-electron chi connectivity index (χ3n) is 3.48. The van der Waals surface area contributed by atoms with Crippen LogP contribution in [0.25, 0.3) is 0 Å². The van der Waals surface area contributed by atoms with Crippen molar-refractivity contribution in [2.45, 2.75) is 25.8 Å². The normalized spacial score (nSPS) is 22.4. The summed E-state index contributed by atoms with van der Waals surface area (Å²) in [5, 5.41) is 7.09. The summed E-state index contributed by atoms with van der Waals surface area (Å²) >= 11 is 3.47. The Morgan fingerprint density at radius 2 is 2.18 bits per heavy atom. The first-order valence-corrected chi connectivity index (χ1v) is 7.24. The van der Waals surface area contributed by atoms with Crippen LogP contribution in [-0.4, -0.2) is 19.6 Å². The van der Waals surface area contributed by atoms with Gasteiger partial charge in [-0.1, -0.05) is 28.1 Å². The van der Waals surface area contributed by atoms with Gasteiger partial charge in [0.2, 0.25) is 0 Å². The standard InChI is InChI=1S/C14H21BrN2/c1-11(13-4-6-14(15)7-5-13)17-10-12-3-2-8-16-9-12/h4-7,11-12,16-17H,2-3,8-10H2,1H3. The molecule has 0 bridgehead atoms. The Morgan fingerprint density at radius 3 is 2.82 bits per heavy atom. The zero-order valence-corrected chi connectivity index (χ0v) is 12.0. The van der Waals surface area contributed by atoms with Gasteiger partial charge in [-0.3, -0.25) is 0 Å². The summed E-state index contributed by atoms with van der Waals surface area (Å²) in [6.45, 7) is 5.71. The van der Waals surface area contributed by atoms with Crippen LogP contribution in [0.15, 0.2) is 28.7 Å². The van der Waals surface area contributed by atoms with E-state index in [0.29, 0.717) is 6.04 Å². The molecular formula is C14H21BrN2. The molecule has 0 amide bonds. The second-order valence-corrected chi connectivity index (χ2v) is 5.81. The molecule has 2 rings (SSSR count). The molecule has 2 N–H and O–H groups in total. The lowest BCUT2D eigenvalue weighted by Crippen LogP contribution is -2.36. The first-order valence-electron chi connectivity index (χ1n) is 6.45. The van der Waals surface area contributed by atoms with E-state index in [4.69, 9.17) is 0 Å².